The predicted molar refractivity (Wildman–Crippen MR) is 106 cm³/mol. The molecule has 0 saturated carbocycles. The topological polar surface area (TPSA) is 89.0 Å². The number of quaternary nitrogens is 2. The third-order valence-corrected chi connectivity index (χ3v) is 5.64. The summed E-state index contributed by atoms with van der Waals surface area (Å²) in [6.45, 7) is 8.22. The summed E-state index contributed by atoms with van der Waals surface area (Å²) in [5, 5.41) is 0. The summed E-state index contributed by atoms with van der Waals surface area (Å²) in [5.74, 6) is 0.372. The standard InChI is InChI=1S/C19H33N4O3S/c1-5-6-7-8-12-25-18-17(21-27-22-18)16-10-9-11-23(4,13-16)15(3)26-19(24)14(2)20/h10,14-15H,5-9,11-13,20H2,1-4H3/q+1/p+1/t14-,15+,23?/m0/s1. The van der Waals surface area contributed by atoms with E-state index in [9.17, 15) is 4.79 Å². The number of aromatic nitrogens is 2. The molecule has 3 atom stereocenters. The normalized spacial score (nSPS) is 22.0. The van der Waals surface area contributed by atoms with Crippen molar-refractivity contribution in [3.63, 3.8) is 0 Å². The highest BCUT2D eigenvalue weighted by Crippen LogP contribution is 2.31. The van der Waals surface area contributed by atoms with Crippen molar-refractivity contribution in [1.29, 1.82) is 0 Å². The maximum atomic E-state index is 11.9. The van der Waals surface area contributed by atoms with E-state index in [2.05, 4.69) is 34.5 Å². The Morgan fingerprint density at radius 1 is 1.33 bits per heavy atom. The summed E-state index contributed by atoms with van der Waals surface area (Å²) in [6.07, 6.45) is 7.52. The molecule has 3 N–H and O–H groups in total. The quantitative estimate of drug-likeness (QED) is 0.371. The number of likely N-dealkylation sites (N-methyl/N-ethyl adjacent to an activating group) is 1. The van der Waals surface area contributed by atoms with Gasteiger partial charge in [0.05, 0.1) is 31.9 Å². The first-order valence-corrected chi connectivity index (χ1v) is 10.6. The van der Waals surface area contributed by atoms with Gasteiger partial charge in [-0.2, -0.15) is 4.37 Å². The van der Waals surface area contributed by atoms with Gasteiger partial charge in [-0.3, -0.25) is 4.48 Å². The first kappa shape index (κ1) is 21.8. The largest absolute Gasteiger partial charge is 0.475 e. The van der Waals surface area contributed by atoms with Gasteiger partial charge < -0.3 is 15.2 Å². The summed E-state index contributed by atoms with van der Waals surface area (Å²) >= 11 is 1.18. The molecule has 8 heteroatoms. The van der Waals surface area contributed by atoms with E-state index in [1.54, 1.807) is 6.92 Å². The van der Waals surface area contributed by atoms with Crippen LogP contribution < -0.4 is 10.5 Å². The first-order chi connectivity index (χ1) is 12.9. The van der Waals surface area contributed by atoms with Crippen LogP contribution in [-0.2, 0) is 9.53 Å². The Bertz CT molecular complexity index is 647. The highest BCUT2D eigenvalue weighted by molar-refractivity contribution is 6.99. The predicted octanol–water partition coefficient (Wildman–Crippen LogP) is 2.25. The van der Waals surface area contributed by atoms with Crippen molar-refractivity contribution in [3.8, 4) is 5.88 Å². The molecule has 0 bridgehead atoms. The summed E-state index contributed by atoms with van der Waals surface area (Å²) in [6, 6.07) is -0.366. The second-order valence-corrected chi connectivity index (χ2v) is 8.17. The molecule has 152 valence electrons. The third-order valence-electron chi connectivity index (χ3n) is 5.13. The molecular formula is C19H34N4O3S+2. The van der Waals surface area contributed by atoms with Crippen molar-refractivity contribution < 1.29 is 24.5 Å². The number of rotatable bonds is 10. The van der Waals surface area contributed by atoms with E-state index >= 15 is 0 Å². The molecule has 2 rings (SSSR count). The van der Waals surface area contributed by atoms with E-state index in [1.165, 1.54) is 31.0 Å². The Morgan fingerprint density at radius 3 is 2.81 bits per heavy atom. The minimum Gasteiger partial charge on any atom is -0.475 e. The number of esters is 1. The SMILES string of the molecule is CCCCCCOc1nsnc1C1=CCC[N+](C)([C@@H](C)OC(=O)[C@H](C)[NH3+])C1. The van der Waals surface area contributed by atoms with Crippen molar-refractivity contribution in [1.82, 2.24) is 8.75 Å². The van der Waals surface area contributed by atoms with Gasteiger partial charge in [0.1, 0.15) is 12.2 Å². The molecule has 7 nitrogen and oxygen atoms in total. The molecular weight excluding hydrogens is 364 g/mol. The molecule has 2 heterocycles. The smallest absolute Gasteiger partial charge is 0.368 e. The van der Waals surface area contributed by atoms with Crippen LogP contribution in [0.5, 0.6) is 5.88 Å². The van der Waals surface area contributed by atoms with Gasteiger partial charge >= 0.3 is 5.97 Å². The van der Waals surface area contributed by atoms with Crippen LogP contribution in [0.4, 0.5) is 0 Å². The number of hydrogen-bond donors (Lipinski definition) is 1. The maximum Gasteiger partial charge on any atom is 0.368 e. The summed E-state index contributed by atoms with van der Waals surface area (Å²) in [7, 11) is 2.11. The fourth-order valence-electron chi connectivity index (χ4n) is 3.13. The average Bonchev–Trinajstić information content (AvgIpc) is 3.10. The van der Waals surface area contributed by atoms with Gasteiger partial charge in [-0.25, -0.2) is 4.79 Å². The van der Waals surface area contributed by atoms with Gasteiger partial charge in [-0.1, -0.05) is 32.3 Å². The van der Waals surface area contributed by atoms with Crippen LogP contribution in [0.15, 0.2) is 6.08 Å². The molecule has 0 aliphatic carbocycles. The van der Waals surface area contributed by atoms with E-state index in [0.29, 0.717) is 17.0 Å². The van der Waals surface area contributed by atoms with Gasteiger partial charge in [-0.15, -0.1) is 4.37 Å². The minimum atomic E-state index is -0.366. The summed E-state index contributed by atoms with van der Waals surface area (Å²) in [4.78, 5) is 11.9. The Morgan fingerprint density at radius 2 is 2.11 bits per heavy atom. The fourth-order valence-corrected chi connectivity index (χ4v) is 3.66. The zero-order valence-corrected chi connectivity index (χ0v) is 17.9. The second kappa shape index (κ2) is 10.1. The number of carbonyl (C=O) groups is 1. The van der Waals surface area contributed by atoms with Crippen LogP contribution in [0.3, 0.4) is 0 Å². The first-order valence-electron chi connectivity index (χ1n) is 9.90. The Kier molecular flexibility index (Phi) is 8.19. The van der Waals surface area contributed by atoms with Crippen LogP contribution in [0.2, 0.25) is 0 Å². The van der Waals surface area contributed by atoms with Crippen molar-refractivity contribution in [3.05, 3.63) is 11.8 Å². The van der Waals surface area contributed by atoms with E-state index in [0.717, 1.165) is 37.2 Å². The van der Waals surface area contributed by atoms with Crippen molar-refractivity contribution in [2.45, 2.75) is 65.1 Å². The molecule has 1 aromatic rings. The Hall–Kier alpha value is -1.51. The number of ether oxygens (including phenoxy) is 2. The lowest BCUT2D eigenvalue weighted by Gasteiger charge is -2.41. The third kappa shape index (κ3) is 5.99. The van der Waals surface area contributed by atoms with Gasteiger partial charge in [0.2, 0.25) is 6.23 Å². The average molecular weight is 399 g/mol. The van der Waals surface area contributed by atoms with E-state index in [4.69, 9.17) is 9.47 Å². The van der Waals surface area contributed by atoms with E-state index in [1.807, 2.05) is 6.92 Å². The molecule has 27 heavy (non-hydrogen) atoms. The Labute approximate surface area is 166 Å². The van der Waals surface area contributed by atoms with Crippen LogP contribution >= 0.6 is 11.7 Å². The number of nitrogens with zero attached hydrogens (tertiary/aromatic N) is 3. The molecule has 1 unspecified atom stereocenters. The van der Waals surface area contributed by atoms with Crippen LogP contribution in [0.25, 0.3) is 5.57 Å². The van der Waals surface area contributed by atoms with Gasteiger partial charge in [-0.05, 0) is 13.3 Å². The molecule has 1 aliphatic heterocycles. The molecule has 0 radical (unpaired) electrons. The van der Waals surface area contributed by atoms with Crippen LogP contribution in [-0.4, -0.2) is 58.2 Å². The molecule has 0 saturated heterocycles. The molecule has 0 amide bonds. The molecule has 0 spiro atoms. The van der Waals surface area contributed by atoms with Crippen LogP contribution in [0, 0.1) is 0 Å². The monoisotopic (exact) mass is 398 g/mol. The summed E-state index contributed by atoms with van der Waals surface area (Å²) < 4.78 is 21.0. The van der Waals surface area contributed by atoms with Crippen molar-refractivity contribution in [2.75, 3.05) is 26.7 Å². The van der Waals surface area contributed by atoms with Gasteiger partial charge in [0.25, 0.3) is 5.88 Å². The van der Waals surface area contributed by atoms with Gasteiger partial charge in [0, 0.05) is 18.9 Å². The zero-order chi connectivity index (χ0) is 19.9. The number of unbranched alkanes of at least 4 members (excludes halogenated alkanes) is 3. The molecule has 0 fully saturated rings. The van der Waals surface area contributed by atoms with E-state index in [-0.39, 0.29) is 18.2 Å². The lowest BCUT2D eigenvalue weighted by atomic mass is 10.0. The van der Waals surface area contributed by atoms with Crippen molar-refractivity contribution >= 4 is 23.3 Å². The minimum absolute atomic E-state index is 0.240. The lowest BCUT2D eigenvalue weighted by Crippen LogP contribution is -2.65. The number of hydrogen-bond acceptors (Lipinski definition) is 6. The van der Waals surface area contributed by atoms with Crippen molar-refractivity contribution in [2.24, 2.45) is 0 Å². The highest BCUT2D eigenvalue weighted by Gasteiger charge is 2.37. The zero-order valence-electron chi connectivity index (χ0n) is 17.1. The lowest BCUT2D eigenvalue weighted by molar-refractivity contribution is -0.944. The molecule has 1 aromatic heterocycles. The maximum absolute atomic E-state index is 11.9. The molecule has 0 aromatic carbocycles. The van der Waals surface area contributed by atoms with E-state index < -0.39 is 0 Å². The van der Waals surface area contributed by atoms with Gasteiger partial charge in [0.15, 0.2) is 6.04 Å². The van der Waals surface area contributed by atoms with Crippen LogP contribution in [0.1, 0.15) is 58.6 Å². The highest BCUT2D eigenvalue weighted by atomic mass is 32.1. The fraction of sp³-hybridized carbons (Fsp3) is 0.737. The summed E-state index contributed by atoms with van der Waals surface area (Å²) in [5.41, 5.74) is 5.70. The number of carbonyl (C=O) groups excluding carboxylic acids is 1. The second-order valence-electron chi connectivity index (χ2n) is 7.64. The Balaban J connectivity index is 2.00. The molecule has 1 aliphatic rings.